The number of urea groups is 1. The summed E-state index contributed by atoms with van der Waals surface area (Å²) in [6.45, 7) is 2.71. The van der Waals surface area contributed by atoms with E-state index in [1.54, 1.807) is 35.8 Å². The lowest BCUT2D eigenvalue weighted by molar-refractivity contribution is -0.138. The third-order valence-corrected chi connectivity index (χ3v) is 7.34. The van der Waals surface area contributed by atoms with Crippen LogP contribution in [0.15, 0.2) is 48.7 Å². The van der Waals surface area contributed by atoms with Gasteiger partial charge in [-0.25, -0.2) is 9.18 Å². The molecule has 3 heterocycles. The first-order valence-corrected chi connectivity index (χ1v) is 12.3. The number of aromatic nitrogens is 2. The normalized spacial score (nSPS) is 17.4. The molecule has 1 fully saturated rings. The summed E-state index contributed by atoms with van der Waals surface area (Å²) < 4.78 is 57.6. The van der Waals surface area contributed by atoms with E-state index in [2.05, 4.69) is 5.10 Å². The highest BCUT2D eigenvalue weighted by Gasteiger charge is 2.43. The maximum absolute atomic E-state index is 14.6. The predicted octanol–water partition coefficient (Wildman–Crippen LogP) is 5.62. The molecule has 7 nitrogen and oxygen atoms in total. The van der Waals surface area contributed by atoms with E-state index < -0.39 is 29.6 Å². The Hall–Kier alpha value is -4.07. The number of benzene rings is 2. The number of aryl methyl sites for hydroxylation is 1. The van der Waals surface area contributed by atoms with Gasteiger partial charge in [0.2, 0.25) is 0 Å². The van der Waals surface area contributed by atoms with E-state index in [0.717, 1.165) is 11.6 Å². The number of nitrogens with zero attached hydrogens (tertiary/aromatic N) is 6. The van der Waals surface area contributed by atoms with Crippen molar-refractivity contribution in [2.45, 2.75) is 44.6 Å². The van der Waals surface area contributed by atoms with Crippen molar-refractivity contribution in [3.05, 3.63) is 76.7 Å². The van der Waals surface area contributed by atoms with E-state index in [4.69, 9.17) is 0 Å². The van der Waals surface area contributed by atoms with Crippen LogP contribution >= 0.6 is 0 Å². The topological polar surface area (TPSA) is 68.4 Å². The highest BCUT2D eigenvalue weighted by Crippen LogP contribution is 2.41. The Balaban J connectivity index is 1.43. The molecule has 1 unspecified atom stereocenters. The van der Waals surface area contributed by atoms with Crippen LogP contribution in [0.1, 0.15) is 48.1 Å². The summed E-state index contributed by atoms with van der Waals surface area (Å²) in [5.74, 6) is -0.124. The minimum absolute atomic E-state index is 0.00907. The fourth-order valence-electron chi connectivity index (χ4n) is 5.54. The highest BCUT2D eigenvalue weighted by molar-refractivity contribution is 5.94. The molecule has 0 N–H and O–H groups in total. The number of amides is 2. The second kappa shape index (κ2) is 9.67. The lowest BCUT2D eigenvalue weighted by Crippen LogP contribution is -2.55. The van der Waals surface area contributed by atoms with Gasteiger partial charge >= 0.3 is 12.2 Å². The zero-order valence-corrected chi connectivity index (χ0v) is 20.9. The Morgan fingerprint density at radius 1 is 1.11 bits per heavy atom. The number of piperidine rings is 1. The van der Waals surface area contributed by atoms with Gasteiger partial charge in [0.1, 0.15) is 11.9 Å². The van der Waals surface area contributed by atoms with E-state index in [1.807, 2.05) is 11.0 Å². The number of anilines is 2. The van der Waals surface area contributed by atoms with Gasteiger partial charge in [-0.15, -0.1) is 0 Å². The molecule has 0 aliphatic carbocycles. The minimum Gasteiger partial charge on any atom is -0.368 e. The lowest BCUT2D eigenvalue weighted by Gasteiger charge is -2.44. The maximum atomic E-state index is 14.6. The van der Waals surface area contributed by atoms with Crippen LogP contribution < -0.4 is 9.80 Å². The van der Waals surface area contributed by atoms with E-state index in [-0.39, 0.29) is 29.4 Å². The molecule has 3 aromatic rings. The van der Waals surface area contributed by atoms with Gasteiger partial charge in [0, 0.05) is 37.9 Å². The second-order valence-electron chi connectivity index (χ2n) is 9.66. The minimum atomic E-state index is -4.57. The van der Waals surface area contributed by atoms with E-state index in [0.29, 0.717) is 31.7 Å². The first kappa shape index (κ1) is 25.6. The summed E-state index contributed by atoms with van der Waals surface area (Å²) in [6, 6.07) is 10.1. The first-order valence-electron chi connectivity index (χ1n) is 12.3. The van der Waals surface area contributed by atoms with Gasteiger partial charge in [-0.2, -0.15) is 23.5 Å². The molecule has 38 heavy (non-hydrogen) atoms. The van der Waals surface area contributed by atoms with Crippen molar-refractivity contribution in [1.29, 1.82) is 5.26 Å². The maximum Gasteiger partial charge on any atom is 0.416 e. The third-order valence-electron chi connectivity index (χ3n) is 7.34. The number of halogens is 4. The van der Waals surface area contributed by atoms with Crippen molar-refractivity contribution < 1.29 is 22.4 Å². The van der Waals surface area contributed by atoms with Gasteiger partial charge in [0.05, 0.1) is 29.4 Å². The predicted molar refractivity (Wildman–Crippen MR) is 133 cm³/mol. The molecule has 0 saturated carbocycles. The third kappa shape index (κ3) is 4.44. The lowest BCUT2D eigenvalue weighted by atomic mass is 9.97. The number of para-hydroxylation sites is 1. The zero-order chi connectivity index (χ0) is 27.2. The molecule has 1 saturated heterocycles. The Kier molecular flexibility index (Phi) is 6.51. The molecule has 0 bridgehead atoms. The van der Waals surface area contributed by atoms with Crippen molar-refractivity contribution >= 4 is 17.5 Å². The number of hydrogen-bond acceptors (Lipinski definition) is 4. The van der Waals surface area contributed by atoms with Crippen LogP contribution in [0.3, 0.4) is 0 Å². The summed E-state index contributed by atoms with van der Waals surface area (Å²) in [5, 5.41) is 13.8. The molecule has 0 radical (unpaired) electrons. The smallest absolute Gasteiger partial charge is 0.368 e. The van der Waals surface area contributed by atoms with Crippen molar-refractivity contribution in [2.24, 2.45) is 7.05 Å². The second-order valence-corrected chi connectivity index (χ2v) is 9.66. The average Bonchev–Trinajstić information content (AvgIpc) is 3.27. The Bertz CT molecular complexity index is 1400. The van der Waals surface area contributed by atoms with Crippen LogP contribution in [0.2, 0.25) is 0 Å². The van der Waals surface area contributed by atoms with E-state index >= 15 is 0 Å². The summed E-state index contributed by atoms with van der Waals surface area (Å²) in [5.41, 5.74) is 0.450. The number of hydrogen-bond donors (Lipinski definition) is 0. The Morgan fingerprint density at radius 2 is 1.82 bits per heavy atom. The standard InChI is InChI=1S/C27H26F4N6O/c1-17(21-7-3-4-8-22(21)27(29,30)31)37-25-19(15-34(2)33-25)16-36(26(37)38)20-10-12-35(13-11-20)24-18(14-32)6-5-9-23(24)28/h3-9,15,17,20H,10-13,16H2,1-2H3. The van der Waals surface area contributed by atoms with E-state index in [1.165, 1.54) is 35.2 Å². The molecule has 2 amide bonds. The molecule has 0 spiro atoms. The molecule has 2 aliphatic rings. The van der Waals surface area contributed by atoms with Crippen LogP contribution in [0, 0.1) is 17.1 Å². The molecular weight excluding hydrogens is 500 g/mol. The molecular formula is C27H26F4N6O. The van der Waals surface area contributed by atoms with Crippen LogP contribution in [-0.4, -0.2) is 39.8 Å². The molecule has 5 rings (SSSR count). The van der Waals surface area contributed by atoms with Crippen molar-refractivity contribution in [3.63, 3.8) is 0 Å². The summed E-state index contributed by atoms with van der Waals surface area (Å²) in [6.07, 6.45) is -1.76. The van der Waals surface area contributed by atoms with Gasteiger partial charge in [0.15, 0.2) is 5.82 Å². The monoisotopic (exact) mass is 526 g/mol. The number of rotatable bonds is 4. The van der Waals surface area contributed by atoms with Gasteiger partial charge < -0.3 is 9.80 Å². The molecule has 2 aromatic carbocycles. The summed E-state index contributed by atoms with van der Waals surface area (Å²) >= 11 is 0. The Labute approximate surface area is 217 Å². The van der Waals surface area contributed by atoms with Crippen molar-refractivity contribution in [3.8, 4) is 6.07 Å². The zero-order valence-electron chi connectivity index (χ0n) is 20.9. The summed E-state index contributed by atoms with van der Waals surface area (Å²) in [7, 11) is 1.71. The van der Waals surface area contributed by atoms with Crippen LogP contribution in [0.4, 0.5) is 33.9 Å². The molecule has 2 aliphatic heterocycles. The number of carbonyl (C=O) groups excluding carboxylic acids is 1. The molecule has 1 atom stereocenters. The number of alkyl halides is 3. The first-order chi connectivity index (χ1) is 18.1. The quantitative estimate of drug-likeness (QED) is 0.414. The van der Waals surface area contributed by atoms with Gasteiger partial charge in [-0.1, -0.05) is 24.3 Å². The van der Waals surface area contributed by atoms with Crippen molar-refractivity contribution in [1.82, 2.24) is 14.7 Å². The van der Waals surface area contributed by atoms with Gasteiger partial charge in [-0.05, 0) is 43.5 Å². The Morgan fingerprint density at radius 3 is 2.50 bits per heavy atom. The molecule has 1 aromatic heterocycles. The number of nitriles is 1. The molecule has 11 heteroatoms. The van der Waals surface area contributed by atoms with Gasteiger partial charge in [0.25, 0.3) is 0 Å². The summed E-state index contributed by atoms with van der Waals surface area (Å²) in [4.78, 5) is 18.7. The number of carbonyl (C=O) groups is 1. The fourth-order valence-corrected chi connectivity index (χ4v) is 5.54. The highest BCUT2D eigenvalue weighted by atomic mass is 19.4. The van der Waals surface area contributed by atoms with Crippen molar-refractivity contribution in [2.75, 3.05) is 22.9 Å². The number of fused-ring (bicyclic) bond motifs is 1. The molecule has 198 valence electrons. The van der Waals surface area contributed by atoms with Crippen LogP contribution in [0.5, 0.6) is 0 Å². The van der Waals surface area contributed by atoms with Crippen LogP contribution in [0.25, 0.3) is 0 Å². The van der Waals surface area contributed by atoms with Crippen LogP contribution in [-0.2, 0) is 19.8 Å². The van der Waals surface area contributed by atoms with E-state index in [9.17, 15) is 27.6 Å². The SMILES string of the molecule is CC(c1ccccc1C(F)(F)F)N1C(=O)N(C2CCN(c3c(F)cccc3C#N)CC2)Cc2cn(C)nc21. The fraction of sp³-hybridized carbons (Fsp3) is 0.370. The largest absolute Gasteiger partial charge is 0.416 e. The average molecular weight is 527 g/mol. The van der Waals surface area contributed by atoms with Gasteiger partial charge in [-0.3, -0.25) is 9.58 Å².